The van der Waals surface area contributed by atoms with E-state index in [-0.39, 0.29) is 28.0 Å². The van der Waals surface area contributed by atoms with Gasteiger partial charge in [0.2, 0.25) is 10.0 Å². The third-order valence-corrected chi connectivity index (χ3v) is 7.79. The predicted molar refractivity (Wildman–Crippen MR) is 104 cm³/mol. The van der Waals surface area contributed by atoms with Gasteiger partial charge in [0.05, 0.1) is 11.1 Å². The Morgan fingerprint density at radius 2 is 1.70 bits per heavy atom. The molecule has 0 atom stereocenters. The van der Waals surface area contributed by atoms with Gasteiger partial charge in [0, 0.05) is 24.7 Å². The van der Waals surface area contributed by atoms with Gasteiger partial charge in [0.25, 0.3) is 5.91 Å². The summed E-state index contributed by atoms with van der Waals surface area (Å²) in [6, 6.07) is 4.42. The Morgan fingerprint density at radius 3 is 2.33 bits per heavy atom. The fourth-order valence-electron chi connectivity index (χ4n) is 3.75. The fourth-order valence-corrected chi connectivity index (χ4v) is 5.77. The summed E-state index contributed by atoms with van der Waals surface area (Å²) in [4.78, 5) is 12.6. The Morgan fingerprint density at radius 1 is 1.07 bits per heavy atom. The zero-order chi connectivity index (χ0) is 19.4. The third-order valence-electron chi connectivity index (χ3n) is 5.41. The predicted octanol–water partition coefficient (Wildman–Crippen LogP) is 2.94. The molecule has 1 aromatic rings. The molecule has 0 spiro atoms. The number of aliphatic hydroxyl groups is 1. The van der Waals surface area contributed by atoms with E-state index in [9.17, 15) is 18.3 Å². The van der Waals surface area contributed by atoms with Crippen molar-refractivity contribution in [3.63, 3.8) is 0 Å². The average molecular weight is 415 g/mol. The molecule has 8 heteroatoms. The van der Waals surface area contributed by atoms with E-state index in [1.54, 1.807) is 6.07 Å². The quantitative estimate of drug-likeness (QED) is 0.792. The molecule has 1 aromatic carbocycles. The smallest absolute Gasteiger partial charge is 0.251 e. The summed E-state index contributed by atoms with van der Waals surface area (Å²) < 4.78 is 27.6. The number of hydrogen-bond acceptors (Lipinski definition) is 4. The monoisotopic (exact) mass is 414 g/mol. The molecule has 27 heavy (non-hydrogen) atoms. The van der Waals surface area contributed by atoms with Crippen molar-refractivity contribution in [2.75, 3.05) is 13.1 Å². The van der Waals surface area contributed by atoms with Gasteiger partial charge in [-0.2, -0.15) is 4.31 Å². The lowest BCUT2D eigenvalue weighted by atomic mass is 9.93. The van der Waals surface area contributed by atoms with Crippen molar-refractivity contribution >= 4 is 27.5 Å². The molecule has 3 rings (SSSR count). The number of halogens is 1. The van der Waals surface area contributed by atoms with Gasteiger partial charge in [0.1, 0.15) is 4.90 Å². The summed E-state index contributed by atoms with van der Waals surface area (Å²) in [7, 11) is -3.72. The van der Waals surface area contributed by atoms with Crippen molar-refractivity contribution in [1.82, 2.24) is 9.62 Å². The van der Waals surface area contributed by atoms with E-state index in [1.165, 1.54) is 16.4 Å². The molecule has 1 aliphatic carbocycles. The van der Waals surface area contributed by atoms with E-state index in [0.29, 0.717) is 31.5 Å². The molecule has 0 aromatic heterocycles. The largest absolute Gasteiger partial charge is 0.393 e. The van der Waals surface area contributed by atoms with E-state index in [0.717, 1.165) is 38.5 Å². The molecule has 150 valence electrons. The first-order chi connectivity index (χ1) is 12.9. The van der Waals surface area contributed by atoms with Crippen LogP contribution in [0.3, 0.4) is 0 Å². The second kappa shape index (κ2) is 8.90. The minimum atomic E-state index is -3.72. The molecular formula is C19H27ClN2O4S. The number of carbonyl (C=O) groups excluding carboxylic acids is 1. The number of aliphatic hydroxyl groups excluding tert-OH is 1. The summed E-state index contributed by atoms with van der Waals surface area (Å²) in [6.07, 6.45) is 6.21. The van der Waals surface area contributed by atoms with Crippen LogP contribution in [-0.2, 0) is 10.0 Å². The molecule has 1 heterocycles. The minimum absolute atomic E-state index is 0.00205. The minimum Gasteiger partial charge on any atom is -0.393 e. The second-order valence-corrected chi connectivity index (χ2v) is 9.76. The van der Waals surface area contributed by atoms with Gasteiger partial charge in [0.15, 0.2) is 0 Å². The molecule has 1 saturated heterocycles. The molecule has 1 aliphatic heterocycles. The summed E-state index contributed by atoms with van der Waals surface area (Å²) >= 11 is 6.19. The Balaban J connectivity index is 1.78. The lowest BCUT2D eigenvalue weighted by molar-refractivity contribution is 0.0867. The molecular weight excluding hydrogens is 388 g/mol. The summed E-state index contributed by atoms with van der Waals surface area (Å²) in [5, 5.41) is 12.7. The van der Waals surface area contributed by atoms with Crippen molar-refractivity contribution in [1.29, 1.82) is 0 Å². The molecule has 1 amide bonds. The van der Waals surface area contributed by atoms with Gasteiger partial charge in [-0.1, -0.05) is 24.4 Å². The lowest BCUT2D eigenvalue weighted by Crippen LogP contribution is -2.38. The molecule has 2 fully saturated rings. The van der Waals surface area contributed by atoms with Crippen molar-refractivity contribution in [2.45, 2.75) is 68.4 Å². The van der Waals surface area contributed by atoms with Gasteiger partial charge in [-0.3, -0.25) is 4.79 Å². The van der Waals surface area contributed by atoms with Crippen LogP contribution < -0.4 is 5.32 Å². The Kier molecular flexibility index (Phi) is 6.78. The number of benzene rings is 1. The summed E-state index contributed by atoms with van der Waals surface area (Å²) in [5.74, 6) is -0.305. The van der Waals surface area contributed by atoms with E-state index in [2.05, 4.69) is 5.32 Å². The van der Waals surface area contributed by atoms with Crippen LogP contribution in [0.1, 0.15) is 61.7 Å². The fraction of sp³-hybridized carbons (Fsp3) is 0.632. The van der Waals surface area contributed by atoms with Crippen molar-refractivity contribution < 1.29 is 18.3 Å². The van der Waals surface area contributed by atoms with E-state index >= 15 is 0 Å². The number of nitrogens with zero attached hydrogens (tertiary/aromatic N) is 1. The van der Waals surface area contributed by atoms with E-state index in [4.69, 9.17) is 11.6 Å². The van der Waals surface area contributed by atoms with Crippen molar-refractivity contribution in [2.24, 2.45) is 0 Å². The Bertz CT molecular complexity index is 768. The van der Waals surface area contributed by atoms with Gasteiger partial charge in [-0.25, -0.2) is 8.42 Å². The first kappa shape index (κ1) is 20.6. The van der Waals surface area contributed by atoms with Gasteiger partial charge in [-0.05, 0) is 56.7 Å². The molecule has 0 unspecified atom stereocenters. The first-order valence-corrected chi connectivity index (χ1v) is 11.5. The Labute approximate surface area is 165 Å². The topological polar surface area (TPSA) is 86.7 Å². The van der Waals surface area contributed by atoms with E-state index < -0.39 is 10.0 Å². The summed E-state index contributed by atoms with van der Waals surface area (Å²) in [5.41, 5.74) is 0.291. The van der Waals surface area contributed by atoms with E-state index in [1.807, 2.05) is 0 Å². The lowest BCUT2D eigenvalue weighted by Gasteiger charge is -2.26. The average Bonchev–Trinajstić information content (AvgIpc) is 2.94. The van der Waals surface area contributed by atoms with Gasteiger partial charge >= 0.3 is 0 Å². The second-order valence-electron chi connectivity index (χ2n) is 7.44. The zero-order valence-corrected chi connectivity index (χ0v) is 16.9. The van der Waals surface area contributed by atoms with Crippen LogP contribution in [0.4, 0.5) is 0 Å². The van der Waals surface area contributed by atoms with Crippen molar-refractivity contribution in [3.8, 4) is 0 Å². The standard InChI is InChI=1S/C19H27ClN2O4S/c20-17-10-5-14(19(24)21-15-6-8-16(23)9-7-15)13-18(17)27(25,26)22-11-3-1-2-4-12-22/h5,10,13,15-16,23H,1-4,6-9,11-12H2,(H,21,24). The van der Waals surface area contributed by atoms with Crippen LogP contribution >= 0.6 is 11.6 Å². The highest BCUT2D eigenvalue weighted by Gasteiger charge is 2.28. The van der Waals surface area contributed by atoms with Crippen molar-refractivity contribution in [3.05, 3.63) is 28.8 Å². The highest BCUT2D eigenvalue weighted by atomic mass is 35.5. The van der Waals surface area contributed by atoms with Crippen LogP contribution in [0.5, 0.6) is 0 Å². The maximum absolute atomic E-state index is 13.0. The number of sulfonamides is 1. The van der Waals surface area contributed by atoms with Crippen LogP contribution in [0.25, 0.3) is 0 Å². The van der Waals surface area contributed by atoms with Crippen LogP contribution in [0.15, 0.2) is 23.1 Å². The molecule has 0 radical (unpaired) electrons. The number of amides is 1. The highest BCUT2D eigenvalue weighted by molar-refractivity contribution is 7.89. The third kappa shape index (κ3) is 5.02. The van der Waals surface area contributed by atoms with Gasteiger partial charge < -0.3 is 10.4 Å². The maximum atomic E-state index is 13.0. The number of rotatable bonds is 4. The number of carbonyl (C=O) groups is 1. The molecule has 1 saturated carbocycles. The molecule has 6 nitrogen and oxygen atoms in total. The normalized spacial score (nSPS) is 25.0. The number of hydrogen-bond donors (Lipinski definition) is 2. The first-order valence-electron chi connectivity index (χ1n) is 9.66. The van der Waals surface area contributed by atoms with Crippen LogP contribution in [-0.4, -0.2) is 49.0 Å². The molecule has 2 N–H and O–H groups in total. The highest BCUT2D eigenvalue weighted by Crippen LogP contribution is 2.28. The maximum Gasteiger partial charge on any atom is 0.251 e. The summed E-state index contributed by atoms with van der Waals surface area (Å²) in [6.45, 7) is 0.971. The zero-order valence-electron chi connectivity index (χ0n) is 15.4. The molecule has 0 bridgehead atoms. The number of nitrogens with one attached hydrogen (secondary N) is 1. The van der Waals surface area contributed by atoms with Crippen LogP contribution in [0, 0.1) is 0 Å². The van der Waals surface area contributed by atoms with Gasteiger partial charge in [-0.15, -0.1) is 0 Å². The molecule has 2 aliphatic rings. The Hall–Kier alpha value is -1.15. The SMILES string of the molecule is O=C(NC1CCC(O)CC1)c1ccc(Cl)c(S(=O)(=O)N2CCCCCC2)c1. The van der Waals surface area contributed by atoms with Crippen LogP contribution in [0.2, 0.25) is 5.02 Å².